The van der Waals surface area contributed by atoms with E-state index in [2.05, 4.69) is 5.32 Å². The molecule has 0 bridgehead atoms. The van der Waals surface area contributed by atoms with E-state index >= 15 is 0 Å². The molecule has 5 heteroatoms. The number of nitrogens with one attached hydrogen (secondary N) is 1. The maximum atomic E-state index is 13.0. The lowest BCUT2D eigenvalue weighted by molar-refractivity contribution is -0.125. The van der Waals surface area contributed by atoms with Crippen molar-refractivity contribution in [3.8, 4) is 0 Å². The Morgan fingerprint density at radius 3 is 2.35 bits per heavy atom. The van der Waals surface area contributed by atoms with Gasteiger partial charge in [-0.1, -0.05) is 13.8 Å². The largest absolute Gasteiger partial charge is 0.355 e. The van der Waals surface area contributed by atoms with Crippen LogP contribution in [0.2, 0.25) is 0 Å². The van der Waals surface area contributed by atoms with Crippen LogP contribution in [0.15, 0.2) is 18.2 Å². The molecule has 1 amide bonds. The van der Waals surface area contributed by atoms with Crippen molar-refractivity contribution in [2.24, 2.45) is 17.6 Å². The number of nitrogens with two attached hydrogens (primary N) is 1. The first kappa shape index (κ1) is 16.6. The van der Waals surface area contributed by atoms with Crippen molar-refractivity contribution in [1.82, 2.24) is 5.32 Å². The van der Waals surface area contributed by atoms with Gasteiger partial charge >= 0.3 is 0 Å². The van der Waals surface area contributed by atoms with Gasteiger partial charge < -0.3 is 11.1 Å². The highest BCUT2D eigenvalue weighted by Crippen LogP contribution is 2.11. The number of amides is 1. The first-order valence-electron chi connectivity index (χ1n) is 6.85. The third-order valence-electron chi connectivity index (χ3n) is 3.05. The van der Waals surface area contributed by atoms with Crippen LogP contribution < -0.4 is 11.1 Å². The lowest BCUT2D eigenvalue weighted by Crippen LogP contribution is -2.36. The van der Waals surface area contributed by atoms with E-state index in [1.54, 1.807) is 0 Å². The molecule has 0 spiro atoms. The third kappa shape index (κ3) is 5.65. The van der Waals surface area contributed by atoms with Gasteiger partial charge in [0.25, 0.3) is 0 Å². The lowest BCUT2D eigenvalue weighted by Gasteiger charge is -2.16. The zero-order chi connectivity index (χ0) is 15.1. The SMILES string of the molecule is CC(C)CC(CN)C(=O)NCCc1cc(F)cc(F)c1. The monoisotopic (exact) mass is 284 g/mol. The van der Waals surface area contributed by atoms with Crippen molar-refractivity contribution in [3.63, 3.8) is 0 Å². The fourth-order valence-corrected chi connectivity index (χ4v) is 2.11. The van der Waals surface area contributed by atoms with Gasteiger partial charge in [-0.15, -0.1) is 0 Å². The maximum absolute atomic E-state index is 13.0. The standard InChI is InChI=1S/C15H22F2N2O/c1-10(2)5-12(9-18)15(20)19-4-3-11-6-13(16)8-14(17)7-11/h6-8,10,12H,3-5,9,18H2,1-2H3,(H,19,20). The summed E-state index contributed by atoms with van der Waals surface area (Å²) >= 11 is 0. The number of halogens is 2. The van der Waals surface area contributed by atoms with Crippen molar-refractivity contribution < 1.29 is 13.6 Å². The van der Waals surface area contributed by atoms with Crippen molar-refractivity contribution in [2.75, 3.05) is 13.1 Å². The highest BCUT2D eigenvalue weighted by molar-refractivity contribution is 5.78. The van der Waals surface area contributed by atoms with Gasteiger partial charge in [0.2, 0.25) is 5.91 Å². The molecule has 1 aromatic rings. The minimum absolute atomic E-state index is 0.0990. The number of rotatable bonds is 7. The number of carbonyl (C=O) groups is 1. The molecule has 0 heterocycles. The highest BCUT2D eigenvalue weighted by Gasteiger charge is 2.17. The van der Waals surface area contributed by atoms with E-state index < -0.39 is 11.6 Å². The fourth-order valence-electron chi connectivity index (χ4n) is 2.11. The van der Waals surface area contributed by atoms with Gasteiger partial charge in [0, 0.05) is 19.2 Å². The number of hydrogen-bond donors (Lipinski definition) is 2. The molecule has 0 aliphatic rings. The molecule has 20 heavy (non-hydrogen) atoms. The smallest absolute Gasteiger partial charge is 0.224 e. The van der Waals surface area contributed by atoms with Crippen LogP contribution in [-0.4, -0.2) is 19.0 Å². The molecule has 0 aromatic heterocycles. The molecule has 112 valence electrons. The van der Waals surface area contributed by atoms with Crippen molar-refractivity contribution in [2.45, 2.75) is 26.7 Å². The quantitative estimate of drug-likeness (QED) is 0.807. The summed E-state index contributed by atoms with van der Waals surface area (Å²) in [5, 5.41) is 2.76. The van der Waals surface area contributed by atoms with Crippen LogP contribution in [0.1, 0.15) is 25.8 Å². The van der Waals surface area contributed by atoms with Crippen LogP contribution in [0.3, 0.4) is 0 Å². The molecular weight excluding hydrogens is 262 g/mol. The Labute approximate surface area is 118 Å². The van der Waals surface area contributed by atoms with Crippen LogP contribution >= 0.6 is 0 Å². The van der Waals surface area contributed by atoms with Crippen LogP contribution in [0.25, 0.3) is 0 Å². The first-order chi connectivity index (χ1) is 9.42. The Balaban J connectivity index is 2.44. The third-order valence-corrected chi connectivity index (χ3v) is 3.05. The van der Waals surface area contributed by atoms with E-state index in [-0.39, 0.29) is 11.8 Å². The molecule has 0 saturated heterocycles. The summed E-state index contributed by atoms with van der Waals surface area (Å²) in [6, 6.07) is 3.36. The van der Waals surface area contributed by atoms with E-state index in [9.17, 15) is 13.6 Å². The van der Waals surface area contributed by atoms with E-state index in [1.165, 1.54) is 12.1 Å². The van der Waals surface area contributed by atoms with Crippen LogP contribution in [0, 0.1) is 23.5 Å². The number of hydrogen-bond acceptors (Lipinski definition) is 2. The summed E-state index contributed by atoms with van der Waals surface area (Å²) in [4.78, 5) is 11.9. The van der Waals surface area contributed by atoms with Gasteiger partial charge in [-0.25, -0.2) is 8.78 Å². The Morgan fingerprint density at radius 1 is 1.25 bits per heavy atom. The van der Waals surface area contributed by atoms with Gasteiger partial charge in [-0.2, -0.15) is 0 Å². The zero-order valence-corrected chi connectivity index (χ0v) is 12.0. The molecule has 3 nitrogen and oxygen atoms in total. The molecule has 3 N–H and O–H groups in total. The molecule has 1 rings (SSSR count). The summed E-state index contributed by atoms with van der Waals surface area (Å²) in [6.07, 6.45) is 1.12. The van der Waals surface area contributed by atoms with Gasteiger partial charge in [-0.3, -0.25) is 4.79 Å². The lowest BCUT2D eigenvalue weighted by atomic mass is 9.96. The average Bonchev–Trinajstić information content (AvgIpc) is 2.34. The van der Waals surface area contributed by atoms with E-state index in [1.807, 2.05) is 13.8 Å². The maximum Gasteiger partial charge on any atom is 0.224 e. The zero-order valence-electron chi connectivity index (χ0n) is 12.0. The van der Waals surface area contributed by atoms with Gasteiger partial charge in [-0.05, 0) is 36.5 Å². The van der Waals surface area contributed by atoms with Gasteiger partial charge in [0.1, 0.15) is 11.6 Å². The predicted molar refractivity (Wildman–Crippen MR) is 75.1 cm³/mol. The Kier molecular flexibility index (Phi) is 6.58. The average molecular weight is 284 g/mol. The molecule has 0 fully saturated rings. The van der Waals surface area contributed by atoms with Crippen LogP contribution in [0.4, 0.5) is 8.78 Å². The molecule has 0 aliphatic heterocycles. The Hall–Kier alpha value is -1.49. The molecule has 1 unspecified atom stereocenters. The topological polar surface area (TPSA) is 55.1 Å². The summed E-state index contributed by atoms with van der Waals surface area (Å²) in [5.74, 6) is -1.12. The highest BCUT2D eigenvalue weighted by atomic mass is 19.1. The fraction of sp³-hybridized carbons (Fsp3) is 0.533. The van der Waals surface area contributed by atoms with Crippen molar-refractivity contribution in [1.29, 1.82) is 0 Å². The predicted octanol–water partition coefficient (Wildman–Crippen LogP) is 2.24. The molecular formula is C15H22F2N2O. The molecule has 0 aliphatic carbocycles. The van der Waals surface area contributed by atoms with Crippen LogP contribution in [0.5, 0.6) is 0 Å². The second-order valence-electron chi connectivity index (χ2n) is 5.38. The Bertz CT molecular complexity index is 429. The molecule has 1 atom stereocenters. The van der Waals surface area contributed by atoms with E-state index in [4.69, 9.17) is 5.73 Å². The molecule has 1 aromatic carbocycles. The minimum Gasteiger partial charge on any atom is -0.355 e. The second-order valence-corrected chi connectivity index (χ2v) is 5.38. The molecule has 0 radical (unpaired) electrons. The number of benzene rings is 1. The van der Waals surface area contributed by atoms with Gasteiger partial charge in [0.05, 0.1) is 5.92 Å². The van der Waals surface area contributed by atoms with E-state index in [0.29, 0.717) is 31.0 Å². The van der Waals surface area contributed by atoms with Crippen molar-refractivity contribution in [3.05, 3.63) is 35.4 Å². The summed E-state index contributed by atoms with van der Waals surface area (Å²) < 4.78 is 26.0. The van der Waals surface area contributed by atoms with Gasteiger partial charge in [0.15, 0.2) is 0 Å². The molecule has 0 saturated carbocycles. The van der Waals surface area contributed by atoms with Crippen LogP contribution in [-0.2, 0) is 11.2 Å². The summed E-state index contributed by atoms with van der Waals surface area (Å²) in [5.41, 5.74) is 6.11. The van der Waals surface area contributed by atoms with E-state index in [0.717, 1.165) is 12.5 Å². The normalized spacial score (nSPS) is 12.5. The van der Waals surface area contributed by atoms with Crippen molar-refractivity contribution >= 4 is 5.91 Å². The minimum atomic E-state index is -0.606. The number of carbonyl (C=O) groups excluding carboxylic acids is 1. The second kappa shape index (κ2) is 7.94. The Morgan fingerprint density at radius 2 is 1.85 bits per heavy atom. The summed E-state index contributed by atoms with van der Waals surface area (Å²) in [7, 11) is 0. The first-order valence-corrected chi connectivity index (χ1v) is 6.85. The summed E-state index contributed by atoms with van der Waals surface area (Å²) in [6.45, 7) is 4.71.